The van der Waals surface area contributed by atoms with E-state index in [4.69, 9.17) is 0 Å². The predicted molar refractivity (Wildman–Crippen MR) is 70.3 cm³/mol. The number of aromatic nitrogens is 1. The Morgan fingerprint density at radius 2 is 2.18 bits per heavy atom. The molecule has 0 unspecified atom stereocenters. The number of amides is 1. The Morgan fingerprint density at radius 3 is 2.88 bits per heavy atom. The van der Waals surface area contributed by atoms with Crippen LogP contribution < -0.4 is 5.32 Å². The third-order valence-electron chi connectivity index (χ3n) is 2.74. The van der Waals surface area contributed by atoms with Crippen LogP contribution in [0.5, 0.6) is 0 Å². The minimum Gasteiger partial charge on any atom is -0.351 e. The normalized spacial score (nSPS) is 10.5. The van der Waals surface area contributed by atoms with Crippen LogP contribution in [0.1, 0.15) is 21.6 Å². The quantitative estimate of drug-likeness (QED) is 0.779. The summed E-state index contributed by atoms with van der Waals surface area (Å²) in [5.74, 6) is -0.0989. The van der Waals surface area contributed by atoms with Crippen LogP contribution in [0.25, 0.3) is 10.9 Å². The van der Waals surface area contributed by atoms with E-state index >= 15 is 0 Å². The molecular formula is C14H16N2O. The first-order valence-electron chi connectivity index (χ1n) is 5.61. The fraction of sp³-hybridized carbons (Fsp3) is 0.214. The lowest BCUT2D eigenvalue weighted by Crippen LogP contribution is -2.23. The molecule has 1 amide bonds. The largest absolute Gasteiger partial charge is 0.351 e. The van der Waals surface area contributed by atoms with Crippen LogP contribution in [-0.4, -0.2) is 17.4 Å². The fourth-order valence-electron chi connectivity index (χ4n) is 1.98. The van der Waals surface area contributed by atoms with Gasteiger partial charge in [-0.3, -0.25) is 4.79 Å². The molecule has 0 atom stereocenters. The predicted octanol–water partition coefficient (Wildman–Crippen LogP) is 2.70. The molecule has 2 aromatic rings. The van der Waals surface area contributed by atoms with Crippen molar-refractivity contribution >= 4 is 16.8 Å². The SMILES string of the molecule is C=CCNC(=O)c1cc2c(C)cc(C)cc2[nH]1. The van der Waals surface area contributed by atoms with E-state index in [1.165, 1.54) is 11.1 Å². The third-order valence-corrected chi connectivity index (χ3v) is 2.74. The summed E-state index contributed by atoms with van der Waals surface area (Å²) in [5.41, 5.74) is 3.97. The van der Waals surface area contributed by atoms with Crippen molar-refractivity contribution in [3.05, 3.63) is 47.7 Å². The maximum atomic E-state index is 11.8. The molecule has 88 valence electrons. The van der Waals surface area contributed by atoms with Gasteiger partial charge < -0.3 is 10.3 Å². The molecule has 1 heterocycles. The van der Waals surface area contributed by atoms with E-state index in [0.717, 1.165) is 10.9 Å². The molecule has 1 aromatic carbocycles. The molecule has 0 saturated carbocycles. The average molecular weight is 228 g/mol. The molecule has 0 spiro atoms. The van der Waals surface area contributed by atoms with E-state index < -0.39 is 0 Å². The number of rotatable bonds is 3. The summed E-state index contributed by atoms with van der Waals surface area (Å²) < 4.78 is 0. The second-order valence-electron chi connectivity index (χ2n) is 4.22. The molecule has 0 bridgehead atoms. The molecule has 3 heteroatoms. The van der Waals surface area contributed by atoms with E-state index in [9.17, 15) is 4.79 Å². The first-order chi connectivity index (χ1) is 8.11. The monoisotopic (exact) mass is 228 g/mol. The molecule has 3 nitrogen and oxygen atoms in total. The van der Waals surface area contributed by atoms with E-state index in [-0.39, 0.29) is 5.91 Å². The summed E-state index contributed by atoms with van der Waals surface area (Å²) in [6.07, 6.45) is 1.66. The lowest BCUT2D eigenvalue weighted by atomic mass is 10.1. The van der Waals surface area contributed by atoms with Gasteiger partial charge in [-0.2, -0.15) is 0 Å². The molecule has 0 radical (unpaired) electrons. The zero-order chi connectivity index (χ0) is 12.4. The Kier molecular flexibility index (Phi) is 3.00. The highest BCUT2D eigenvalue weighted by molar-refractivity contribution is 5.99. The number of aromatic amines is 1. The Labute approximate surface area is 101 Å². The zero-order valence-corrected chi connectivity index (χ0v) is 10.1. The van der Waals surface area contributed by atoms with E-state index in [0.29, 0.717) is 12.2 Å². The lowest BCUT2D eigenvalue weighted by Gasteiger charge is -1.98. The minimum atomic E-state index is -0.0989. The fourth-order valence-corrected chi connectivity index (χ4v) is 1.98. The number of hydrogen-bond acceptors (Lipinski definition) is 1. The number of carbonyl (C=O) groups excluding carboxylic acids is 1. The van der Waals surface area contributed by atoms with Gasteiger partial charge >= 0.3 is 0 Å². The molecule has 0 aliphatic rings. The van der Waals surface area contributed by atoms with Crippen LogP contribution in [0.15, 0.2) is 30.9 Å². The van der Waals surface area contributed by atoms with Gasteiger partial charge in [0.25, 0.3) is 5.91 Å². The van der Waals surface area contributed by atoms with E-state index in [1.54, 1.807) is 6.08 Å². The van der Waals surface area contributed by atoms with Crippen LogP contribution in [0.2, 0.25) is 0 Å². The molecule has 0 saturated heterocycles. The number of aryl methyl sites for hydroxylation is 2. The molecule has 2 N–H and O–H groups in total. The van der Waals surface area contributed by atoms with Gasteiger partial charge in [0.15, 0.2) is 0 Å². The van der Waals surface area contributed by atoms with Crippen LogP contribution in [0.4, 0.5) is 0 Å². The molecular weight excluding hydrogens is 212 g/mol. The Bertz CT molecular complexity index is 581. The molecule has 0 aliphatic carbocycles. The highest BCUT2D eigenvalue weighted by atomic mass is 16.1. The van der Waals surface area contributed by atoms with Crippen molar-refractivity contribution in [1.29, 1.82) is 0 Å². The average Bonchev–Trinajstić information content (AvgIpc) is 2.69. The van der Waals surface area contributed by atoms with Crippen molar-refractivity contribution in [2.75, 3.05) is 6.54 Å². The molecule has 17 heavy (non-hydrogen) atoms. The lowest BCUT2D eigenvalue weighted by molar-refractivity contribution is 0.0954. The van der Waals surface area contributed by atoms with Crippen molar-refractivity contribution in [2.24, 2.45) is 0 Å². The number of hydrogen-bond donors (Lipinski definition) is 2. The van der Waals surface area contributed by atoms with Gasteiger partial charge in [0.2, 0.25) is 0 Å². The Balaban J connectivity index is 2.41. The molecule has 1 aromatic heterocycles. The van der Waals surface area contributed by atoms with Crippen LogP contribution in [0.3, 0.4) is 0 Å². The van der Waals surface area contributed by atoms with Crippen LogP contribution >= 0.6 is 0 Å². The van der Waals surface area contributed by atoms with Crippen molar-refractivity contribution in [2.45, 2.75) is 13.8 Å². The maximum absolute atomic E-state index is 11.8. The first-order valence-corrected chi connectivity index (χ1v) is 5.61. The standard InChI is InChI=1S/C14H16N2O/c1-4-5-15-14(17)13-8-11-10(3)6-9(2)7-12(11)16-13/h4,6-8,16H,1,5H2,2-3H3,(H,15,17). The highest BCUT2D eigenvalue weighted by Crippen LogP contribution is 2.21. The number of benzene rings is 1. The van der Waals surface area contributed by atoms with Crippen LogP contribution in [-0.2, 0) is 0 Å². The summed E-state index contributed by atoms with van der Waals surface area (Å²) >= 11 is 0. The topological polar surface area (TPSA) is 44.9 Å². The first kappa shape index (κ1) is 11.5. The van der Waals surface area contributed by atoms with Crippen molar-refractivity contribution in [3.8, 4) is 0 Å². The number of fused-ring (bicyclic) bond motifs is 1. The van der Waals surface area contributed by atoms with Crippen LogP contribution in [0, 0.1) is 13.8 Å². The highest BCUT2D eigenvalue weighted by Gasteiger charge is 2.09. The van der Waals surface area contributed by atoms with Gasteiger partial charge in [-0.05, 0) is 37.1 Å². The van der Waals surface area contributed by atoms with Gasteiger partial charge in [-0.1, -0.05) is 12.1 Å². The summed E-state index contributed by atoms with van der Waals surface area (Å²) in [4.78, 5) is 14.9. The summed E-state index contributed by atoms with van der Waals surface area (Å²) in [7, 11) is 0. The summed E-state index contributed by atoms with van der Waals surface area (Å²) in [5, 5.41) is 3.85. The smallest absolute Gasteiger partial charge is 0.267 e. The molecule has 0 fully saturated rings. The molecule has 0 aliphatic heterocycles. The van der Waals surface area contributed by atoms with Crippen molar-refractivity contribution < 1.29 is 4.79 Å². The number of carbonyl (C=O) groups is 1. The molecule has 2 rings (SSSR count). The van der Waals surface area contributed by atoms with Crippen molar-refractivity contribution in [1.82, 2.24) is 10.3 Å². The maximum Gasteiger partial charge on any atom is 0.267 e. The van der Waals surface area contributed by atoms with Gasteiger partial charge in [-0.15, -0.1) is 6.58 Å². The zero-order valence-electron chi connectivity index (χ0n) is 10.1. The van der Waals surface area contributed by atoms with E-state index in [2.05, 4.69) is 29.9 Å². The van der Waals surface area contributed by atoms with E-state index in [1.807, 2.05) is 19.1 Å². The number of H-pyrrole nitrogens is 1. The van der Waals surface area contributed by atoms with Gasteiger partial charge in [0.05, 0.1) is 0 Å². The Hall–Kier alpha value is -2.03. The third kappa shape index (κ3) is 2.23. The van der Waals surface area contributed by atoms with Gasteiger partial charge in [-0.25, -0.2) is 0 Å². The second kappa shape index (κ2) is 4.45. The summed E-state index contributed by atoms with van der Waals surface area (Å²) in [6.45, 7) is 8.14. The van der Waals surface area contributed by atoms with Gasteiger partial charge in [0.1, 0.15) is 5.69 Å². The summed E-state index contributed by atoms with van der Waals surface area (Å²) in [6, 6.07) is 6.05. The van der Waals surface area contributed by atoms with Crippen molar-refractivity contribution in [3.63, 3.8) is 0 Å². The second-order valence-corrected chi connectivity index (χ2v) is 4.22. The number of nitrogens with one attached hydrogen (secondary N) is 2. The minimum absolute atomic E-state index is 0.0989. The van der Waals surface area contributed by atoms with Gasteiger partial charge in [0, 0.05) is 17.4 Å². The Morgan fingerprint density at radius 1 is 1.41 bits per heavy atom.